The summed E-state index contributed by atoms with van der Waals surface area (Å²) in [6.07, 6.45) is 1.73. The number of carbonyl (C=O) groups is 1. The van der Waals surface area contributed by atoms with Crippen LogP contribution >= 0.6 is 23.2 Å². The topological polar surface area (TPSA) is 75.4 Å². The summed E-state index contributed by atoms with van der Waals surface area (Å²) in [6.45, 7) is 4.11. The Morgan fingerprint density at radius 3 is 2.61 bits per heavy atom. The van der Waals surface area contributed by atoms with Gasteiger partial charge in [-0.3, -0.25) is 4.79 Å². The van der Waals surface area contributed by atoms with Gasteiger partial charge in [-0.15, -0.1) is 0 Å². The quantitative estimate of drug-likeness (QED) is 0.646. The number of aromatic nitrogens is 3. The van der Waals surface area contributed by atoms with Crippen LogP contribution in [-0.4, -0.2) is 52.1 Å². The zero-order chi connectivity index (χ0) is 19.7. The number of benzene rings is 1. The average Bonchev–Trinajstić information content (AvgIpc) is 3.16. The monoisotopic (exact) mass is 417 g/mol. The van der Waals surface area contributed by atoms with Crippen molar-refractivity contribution in [3.63, 3.8) is 0 Å². The first-order valence-corrected chi connectivity index (χ1v) is 9.54. The average molecular weight is 418 g/mol. The van der Waals surface area contributed by atoms with Gasteiger partial charge in [0, 0.05) is 32.4 Å². The number of amides is 1. The highest BCUT2D eigenvalue weighted by Gasteiger charge is 2.26. The van der Waals surface area contributed by atoms with Gasteiger partial charge < -0.3 is 14.3 Å². The van der Waals surface area contributed by atoms with Crippen molar-refractivity contribution in [1.82, 2.24) is 20.0 Å². The van der Waals surface area contributed by atoms with E-state index in [2.05, 4.69) is 20.0 Å². The van der Waals surface area contributed by atoms with E-state index in [9.17, 15) is 4.79 Å². The van der Waals surface area contributed by atoms with Gasteiger partial charge in [0.2, 0.25) is 0 Å². The molecule has 2 aromatic heterocycles. The standard InChI is InChI=1S/C19H17Cl2N5O2/c1-12-23-18(28-24-12)14-5-3-7-22-17(14)25-8-10-26(11-9-25)19(27)13-4-2-6-15(20)16(13)21/h2-7H,8-11H2,1H3. The van der Waals surface area contributed by atoms with E-state index in [0.29, 0.717) is 48.5 Å². The van der Waals surface area contributed by atoms with Crippen molar-refractivity contribution in [2.45, 2.75) is 6.92 Å². The third-order valence-corrected chi connectivity index (χ3v) is 5.41. The molecule has 1 saturated heterocycles. The SMILES string of the molecule is Cc1noc(-c2cccnc2N2CCN(C(=O)c3cccc(Cl)c3Cl)CC2)n1. The van der Waals surface area contributed by atoms with Crippen LogP contribution in [0.25, 0.3) is 11.5 Å². The Morgan fingerprint density at radius 1 is 1.11 bits per heavy atom. The first kappa shape index (κ1) is 18.7. The van der Waals surface area contributed by atoms with E-state index >= 15 is 0 Å². The highest BCUT2D eigenvalue weighted by Crippen LogP contribution is 2.29. The van der Waals surface area contributed by atoms with Crippen LogP contribution in [0.5, 0.6) is 0 Å². The van der Waals surface area contributed by atoms with Gasteiger partial charge in [0.25, 0.3) is 11.8 Å². The molecule has 1 aromatic carbocycles. The van der Waals surface area contributed by atoms with E-state index in [1.54, 1.807) is 36.2 Å². The molecule has 7 nitrogen and oxygen atoms in total. The molecular weight excluding hydrogens is 401 g/mol. The fourth-order valence-electron chi connectivity index (χ4n) is 3.18. The molecule has 0 atom stereocenters. The van der Waals surface area contributed by atoms with Crippen molar-refractivity contribution in [2.75, 3.05) is 31.1 Å². The molecule has 1 aliphatic heterocycles. The number of rotatable bonds is 3. The molecule has 144 valence electrons. The smallest absolute Gasteiger partial charge is 0.261 e. The molecule has 0 bridgehead atoms. The summed E-state index contributed by atoms with van der Waals surface area (Å²) in [5.74, 6) is 1.64. The van der Waals surface area contributed by atoms with E-state index in [0.717, 1.165) is 11.4 Å². The second-order valence-electron chi connectivity index (χ2n) is 6.40. The lowest BCUT2D eigenvalue weighted by Crippen LogP contribution is -2.49. The van der Waals surface area contributed by atoms with Gasteiger partial charge in [-0.25, -0.2) is 4.98 Å². The third-order valence-electron chi connectivity index (χ3n) is 4.59. The summed E-state index contributed by atoms with van der Waals surface area (Å²) in [5, 5.41) is 4.52. The molecule has 0 spiro atoms. The van der Waals surface area contributed by atoms with Crippen molar-refractivity contribution in [1.29, 1.82) is 0 Å². The molecule has 3 heterocycles. The third kappa shape index (κ3) is 3.55. The molecule has 28 heavy (non-hydrogen) atoms. The Kier molecular flexibility index (Phi) is 5.19. The van der Waals surface area contributed by atoms with Crippen molar-refractivity contribution in [3.05, 3.63) is 58.0 Å². The summed E-state index contributed by atoms with van der Waals surface area (Å²) in [5.41, 5.74) is 1.20. The van der Waals surface area contributed by atoms with Crippen LogP contribution in [0.3, 0.4) is 0 Å². The summed E-state index contributed by atoms with van der Waals surface area (Å²) < 4.78 is 5.30. The van der Waals surface area contributed by atoms with E-state index in [1.165, 1.54) is 0 Å². The van der Waals surface area contributed by atoms with Crippen LogP contribution in [0.4, 0.5) is 5.82 Å². The number of nitrogens with zero attached hydrogens (tertiary/aromatic N) is 5. The van der Waals surface area contributed by atoms with Crippen LogP contribution in [0.15, 0.2) is 41.1 Å². The maximum atomic E-state index is 12.8. The number of pyridine rings is 1. The number of hydrogen-bond acceptors (Lipinski definition) is 6. The van der Waals surface area contributed by atoms with Crippen LogP contribution in [0.2, 0.25) is 10.0 Å². The van der Waals surface area contributed by atoms with Crippen LogP contribution in [0, 0.1) is 6.92 Å². The van der Waals surface area contributed by atoms with Gasteiger partial charge in [0.05, 0.1) is 21.2 Å². The van der Waals surface area contributed by atoms with Crippen LogP contribution < -0.4 is 4.90 Å². The molecule has 1 amide bonds. The number of aryl methyl sites for hydroxylation is 1. The van der Waals surface area contributed by atoms with Gasteiger partial charge in [0.1, 0.15) is 5.82 Å². The maximum absolute atomic E-state index is 12.8. The highest BCUT2D eigenvalue weighted by molar-refractivity contribution is 6.43. The first-order chi connectivity index (χ1) is 13.5. The van der Waals surface area contributed by atoms with Crippen molar-refractivity contribution < 1.29 is 9.32 Å². The Labute approximate surface area is 171 Å². The van der Waals surface area contributed by atoms with Gasteiger partial charge in [-0.2, -0.15) is 4.98 Å². The lowest BCUT2D eigenvalue weighted by molar-refractivity contribution is 0.0746. The molecular formula is C19H17Cl2N5O2. The molecule has 0 unspecified atom stereocenters. The summed E-state index contributed by atoms with van der Waals surface area (Å²) in [4.78, 5) is 25.5. The Bertz CT molecular complexity index is 1020. The fraction of sp³-hybridized carbons (Fsp3) is 0.263. The zero-order valence-electron chi connectivity index (χ0n) is 15.1. The van der Waals surface area contributed by atoms with Crippen molar-refractivity contribution in [2.24, 2.45) is 0 Å². The lowest BCUT2D eigenvalue weighted by Gasteiger charge is -2.36. The Balaban J connectivity index is 1.51. The molecule has 0 saturated carbocycles. The zero-order valence-corrected chi connectivity index (χ0v) is 16.6. The predicted octanol–water partition coefficient (Wildman–Crippen LogP) is 3.71. The maximum Gasteiger partial charge on any atom is 0.261 e. The highest BCUT2D eigenvalue weighted by atomic mass is 35.5. The van der Waals surface area contributed by atoms with Gasteiger partial charge in [0.15, 0.2) is 5.82 Å². The predicted molar refractivity (Wildman–Crippen MR) is 107 cm³/mol. The summed E-state index contributed by atoms with van der Waals surface area (Å²) in [6, 6.07) is 8.82. The molecule has 9 heteroatoms. The minimum absolute atomic E-state index is 0.124. The van der Waals surface area contributed by atoms with Gasteiger partial charge >= 0.3 is 0 Å². The molecule has 0 radical (unpaired) electrons. The number of anilines is 1. The lowest BCUT2D eigenvalue weighted by atomic mass is 10.1. The largest absolute Gasteiger partial charge is 0.352 e. The summed E-state index contributed by atoms with van der Waals surface area (Å²) >= 11 is 12.2. The van der Waals surface area contributed by atoms with Crippen molar-refractivity contribution >= 4 is 34.9 Å². The van der Waals surface area contributed by atoms with E-state index in [-0.39, 0.29) is 10.9 Å². The molecule has 0 aliphatic carbocycles. The summed E-state index contributed by atoms with van der Waals surface area (Å²) in [7, 11) is 0. The Morgan fingerprint density at radius 2 is 1.89 bits per heavy atom. The van der Waals surface area contributed by atoms with Crippen molar-refractivity contribution in [3.8, 4) is 11.5 Å². The molecule has 1 aliphatic rings. The minimum Gasteiger partial charge on any atom is -0.352 e. The van der Waals surface area contributed by atoms with E-state index in [1.807, 2.05) is 12.1 Å². The fourth-order valence-corrected chi connectivity index (χ4v) is 3.56. The minimum atomic E-state index is -0.124. The number of carbonyl (C=O) groups excluding carboxylic acids is 1. The van der Waals surface area contributed by atoms with Crippen LogP contribution in [0.1, 0.15) is 16.2 Å². The number of hydrogen-bond donors (Lipinski definition) is 0. The molecule has 0 N–H and O–H groups in total. The van der Waals surface area contributed by atoms with Gasteiger partial charge in [-0.05, 0) is 31.2 Å². The number of halogens is 2. The second-order valence-corrected chi connectivity index (χ2v) is 7.19. The molecule has 4 rings (SSSR count). The molecule has 3 aromatic rings. The van der Waals surface area contributed by atoms with E-state index in [4.69, 9.17) is 27.7 Å². The normalized spacial score (nSPS) is 14.4. The first-order valence-electron chi connectivity index (χ1n) is 8.78. The molecule has 1 fully saturated rings. The van der Waals surface area contributed by atoms with Gasteiger partial charge in [-0.1, -0.05) is 34.4 Å². The number of piperazine rings is 1. The van der Waals surface area contributed by atoms with Crippen LogP contribution in [-0.2, 0) is 0 Å². The Hall–Kier alpha value is -2.64. The second kappa shape index (κ2) is 7.77. The van der Waals surface area contributed by atoms with E-state index < -0.39 is 0 Å².